The number of hydrogen-bond acceptors (Lipinski definition) is 6. The number of pyridine rings is 2. The van der Waals surface area contributed by atoms with Crippen molar-refractivity contribution in [3.05, 3.63) is 108 Å². The van der Waals surface area contributed by atoms with Gasteiger partial charge < -0.3 is 15.6 Å². The normalized spacial score (nSPS) is 13.5. The minimum atomic E-state index is -0.444. The lowest BCUT2D eigenvalue weighted by atomic mass is 9.99. The number of benzene rings is 2. The average Bonchev–Trinajstić information content (AvgIpc) is 3.73. The van der Waals surface area contributed by atoms with Crippen LogP contribution in [0.2, 0.25) is 0 Å². The molecule has 1 saturated carbocycles. The summed E-state index contributed by atoms with van der Waals surface area (Å²) in [6.45, 7) is 2.65. The molecule has 0 atom stereocenters. The lowest BCUT2D eigenvalue weighted by Crippen LogP contribution is -2.35. The van der Waals surface area contributed by atoms with Crippen LogP contribution in [0.25, 0.3) is 27.9 Å². The monoisotopic (exact) mass is 577 g/mol. The molecule has 10 heteroatoms. The van der Waals surface area contributed by atoms with Crippen LogP contribution in [0.1, 0.15) is 46.2 Å². The molecule has 43 heavy (non-hydrogen) atoms. The van der Waals surface area contributed by atoms with Crippen molar-refractivity contribution in [2.75, 3.05) is 25.6 Å². The van der Waals surface area contributed by atoms with E-state index in [-0.39, 0.29) is 17.6 Å². The SMILES string of the molecule is CCN(NC)c1cn2nc(-c3ccc(F)cc3)c(C(=O)NC)c2cc1-c1cccc(C(=O)NC2(c3ccccn3)CC2)c1. The molecule has 2 amide bonds. The Morgan fingerprint density at radius 1 is 0.977 bits per heavy atom. The number of carbonyl (C=O) groups is 2. The maximum atomic E-state index is 13.7. The van der Waals surface area contributed by atoms with E-state index in [0.29, 0.717) is 34.4 Å². The highest BCUT2D eigenvalue weighted by Crippen LogP contribution is 2.44. The highest BCUT2D eigenvalue weighted by atomic mass is 19.1. The summed E-state index contributed by atoms with van der Waals surface area (Å²) in [4.78, 5) is 31.2. The highest BCUT2D eigenvalue weighted by molar-refractivity contribution is 6.07. The van der Waals surface area contributed by atoms with Crippen LogP contribution in [0.15, 0.2) is 85.2 Å². The van der Waals surface area contributed by atoms with Gasteiger partial charge in [-0.2, -0.15) is 5.10 Å². The Kier molecular flexibility index (Phi) is 7.37. The van der Waals surface area contributed by atoms with Gasteiger partial charge in [-0.1, -0.05) is 18.2 Å². The van der Waals surface area contributed by atoms with E-state index >= 15 is 0 Å². The third-order valence-electron chi connectivity index (χ3n) is 7.89. The molecular weight excluding hydrogens is 545 g/mol. The number of hydrogen-bond donors (Lipinski definition) is 3. The third-order valence-corrected chi connectivity index (χ3v) is 7.89. The number of nitrogens with one attached hydrogen (secondary N) is 3. The van der Waals surface area contributed by atoms with E-state index in [9.17, 15) is 14.0 Å². The second-order valence-corrected chi connectivity index (χ2v) is 10.5. The second-order valence-electron chi connectivity index (χ2n) is 10.5. The van der Waals surface area contributed by atoms with Gasteiger partial charge in [-0.3, -0.25) is 14.6 Å². The van der Waals surface area contributed by atoms with Crippen LogP contribution in [0.5, 0.6) is 0 Å². The summed E-state index contributed by atoms with van der Waals surface area (Å²) in [6, 6.07) is 21.0. The fourth-order valence-corrected chi connectivity index (χ4v) is 5.47. The topological polar surface area (TPSA) is 104 Å². The van der Waals surface area contributed by atoms with Crippen LogP contribution in [0.4, 0.5) is 10.1 Å². The Hall–Kier alpha value is -5.09. The number of amides is 2. The summed E-state index contributed by atoms with van der Waals surface area (Å²) in [5, 5.41) is 12.6. The first-order chi connectivity index (χ1) is 20.9. The summed E-state index contributed by atoms with van der Waals surface area (Å²) in [6.07, 6.45) is 5.27. The van der Waals surface area contributed by atoms with Crippen LogP contribution < -0.4 is 21.1 Å². The molecule has 1 aliphatic rings. The van der Waals surface area contributed by atoms with Crippen molar-refractivity contribution in [1.29, 1.82) is 0 Å². The molecule has 9 nitrogen and oxygen atoms in total. The van der Waals surface area contributed by atoms with E-state index in [1.807, 2.05) is 67.6 Å². The second kappa shape index (κ2) is 11.3. The minimum Gasteiger partial charge on any atom is -0.355 e. The molecule has 0 unspecified atom stereocenters. The zero-order chi connectivity index (χ0) is 30.1. The van der Waals surface area contributed by atoms with Crippen molar-refractivity contribution >= 4 is 23.0 Å². The number of carbonyl (C=O) groups excluding carboxylic acids is 2. The van der Waals surface area contributed by atoms with Gasteiger partial charge in [-0.05, 0) is 79.9 Å². The molecule has 1 fully saturated rings. The third kappa shape index (κ3) is 5.21. The fourth-order valence-electron chi connectivity index (χ4n) is 5.47. The summed E-state index contributed by atoms with van der Waals surface area (Å²) >= 11 is 0. The first-order valence-corrected chi connectivity index (χ1v) is 14.2. The first-order valence-electron chi connectivity index (χ1n) is 14.2. The van der Waals surface area contributed by atoms with Crippen molar-refractivity contribution in [1.82, 2.24) is 30.7 Å². The molecule has 3 heterocycles. The molecule has 2 aromatic carbocycles. The van der Waals surface area contributed by atoms with E-state index in [1.165, 1.54) is 12.1 Å². The number of rotatable bonds is 9. The van der Waals surface area contributed by atoms with Gasteiger partial charge in [0.15, 0.2) is 0 Å². The van der Waals surface area contributed by atoms with Gasteiger partial charge in [-0.25, -0.2) is 14.3 Å². The van der Waals surface area contributed by atoms with Crippen LogP contribution in [-0.2, 0) is 5.54 Å². The van der Waals surface area contributed by atoms with Crippen molar-refractivity contribution < 1.29 is 14.0 Å². The maximum absolute atomic E-state index is 13.7. The smallest absolute Gasteiger partial charge is 0.255 e. The zero-order valence-electron chi connectivity index (χ0n) is 24.2. The Balaban J connectivity index is 1.47. The van der Waals surface area contributed by atoms with E-state index in [1.54, 1.807) is 36.0 Å². The number of aromatic nitrogens is 3. The van der Waals surface area contributed by atoms with Crippen molar-refractivity contribution in [2.24, 2.45) is 0 Å². The fraction of sp³-hybridized carbons (Fsp3) is 0.212. The largest absolute Gasteiger partial charge is 0.355 e. The summed E-state index contributed by atoms with van der Waals surface area (Å²) in [5.74, 6) is -0.864. The van der Waals surface area contributed by atoms with Crippen molar-refractivity contribution in [3.63, 3.8) is 0 Å². The van der Waals surface area contributed by atoms with E-state index < -0.39 is 5.54 Å². The highest BCUT2D eigenvalue weighted by Gasteiger charge is 2.47. The van der Waals surface area contributed by atoms with Gasteiger partial charge in [0, 0.05) is 43.5 Å². The van der Waals surface area contributed by atoms with Gasteiger partial charge in [0.25, 0.3) is 11.8 Å². The van der Waals surface area contributed by atoms with E-state index in [2.05, 4.69) is 21.0 Å². The number of hydrazine groups is 1. The van der Waals surface area contributed by atoms with E-state index in [4.69, 9.17) is 5.10 Å². The van der Waals surface area contributed by atoms with E-state index in [0.717, 1.165) is 35.3 Å². The number of nitrogens with zero attached hydrogens (tertiary/aromatic N) is 4. The Bertz CT molecular complexity index is 1810. The van der Waals surface area contributed by atoms with Gasteiger partial charge in [0.2, 0.25) is 0 Å². The van der Waals surface area contributed by atoms with Gasteiger partial charge >= 0.3 is 0 Å². The molecule has 5 aromatic rings. The first kappa shape index (κ1) is 28.0. The Labute approximate surface area is 248 Å². The van der Waals surface area contributed by atoms with Gasteiger partial charge in [0.05, 0.1) is 34.2 Å². The molecule has 0 bridgehead atoms. The summed E-state index contributed by atoms with van der Waals surface area (Å²) < 4.78 is 15.4. The van der Waals surface area contributed by atoms with Crippen LogP contribution >= 0.6 is 0 Å². The summed E-state index contributed by atoms with van der Waals surface area (Å²) in [5.41, 5.74) is 8.56. The molecule has 3 N–H and O–H groups in total. The van der Waals surface area contributed by atoms with Crippen LogP contribution in [0.3, 0.4) is 0 Å². The predicted molar refractivity (Wildman–Crippen MR) is 164 cm³/mol. The lowest BCUT2D eigenvalue weighted by Gasteiger charge is -2.25. The molecule has 1 aliphatic carbocycles. The molecular formula is C33H32FN7O2. The minimum absolute atomic E-state index is 0.178. The molecule has 3 aromatic heterocycles. The predicted octanol–water partition coefficient (Wildman–Crippen LogP) is 4.94. The molecule has 0 aliphatic heterocycles. The Morgan fingerprint density at radius 3 is 2.42 bits per heavy atom. The number of anilines is 1. The molecule has 0 spiro atoms. The molecule has 218 valence electrons. The maximum Gasteiger partial charge on any atom is 0.255 e. The summed E-state index contributed by atoms with van der Waals surface area (Å²) in [7, 11) is 3.39. The average molecular weight is 578 g/mol. The van der Waals surface area contributed by atoms with Crippen molar-refractivity contribution in [3.8, 4) is 22.4 Å². The van der Waals surface area contributed by atoms with Gasteiger partial charge in [0.1, 0.15) is 11.5 Å². The molecule has 6 rings (SSSR count). The van der Waals surface area contributed by atoms with Crippen molar-refractivity contribution in [2.45, 2.75) is 25.3 Å². The standard InChI is InChI=1S/C33H32FN7O2/c1-4-40(36-3)27-20-41-26(29(32(43)35-2)30(39-41)21-11-13-24(34)14-12-21)19-25(27)22-8-7-9-23(18-22)31(42)38-33(15-16-33)28-10-5-6-17-37-28/h5-14,17-20,36H,4,15-16H2,1-3H3,(H,35,43)(H,38,42). The zero-order valence-corrected chi connectivity index (χ0v) is 24.2. The van der Waals surface area contributed by atoms with Crippen LogP contribution in [-0.4, -0.2) is 47.1 Å². The lowest BCUT2D eigenvalue weighted by molar-refractivity contribution is 0.0928. The quantitative estimate of drug-likeness (QED) is 0.215. The number of fused-ring (bicyclic) bond motifs is 1. The molecule has 0 radical (unpaired) electrons. The Morgan fingerprint density at radius 2 is 1.77 bits per heavy atom. The van der Waals surface area contributed by atoms with Gasteiger partial charge in [-0.15, -0.1) is 0 Å². The molecule has 0 saturated heterocycles. The number of halogens is 1. The van der Waals surface area contributed by atoms with Crippen LogP contribution in [0, 0.1) is 5.82 Å².